The molecular formula is C10H19N3O5. The number of hydrogen-bond acceptors (Lipinski definition) is 6. The van der Waals surface area contributed by atoms with Crippen LogP contribution < -0.4 is 11.1 Å². The van der Waals surface area contributed by atoms with Crippen LogP contribution in [-0.2, 0) is 24.0 Å². The molecule has 0 spiro atoms. The zero-order valence-corrected chi connectivity index (χ0v) is 11.0. The van der Waals surface area contributed by atoms with Crippen molar-refractivity contribution < 1.29 is 24.0 Å². The number of hydroxylamine groups is 2. The van der Waals surface area contributed by atoms with Gasteiger partial charge in [0.05, 0.1) is 0 Å². The number of carbonyl (C=O) groups excluding carboxylic acids is 4. The van der Waals surface area contributed by atoms with Crippen molar-refractivity contribution in [2.24, 2.45) is 5.73 Å². The number of nitrogens with two attached hydrogens (primary N) is 1. The molecule has 8 nitrogen and oxygen atoms in total. The molecule has 1 heterocycles. The molecule has 3 amide bonds. The second-order valence-corrected chi connectivity index (χ2v) is 2.97. The summed E-state index contributed by atoms with van der Waals surface area (Å²) in [6.07, 6.45) is 0.262. The molecule has 0 bridgehead atoms. The summed E-state index contributed by atoms with van der Waals surface area (Å²) in [5.41, 5.74) is 4.50. The molecule has 0 radical (unpaired) electrons. The number of rotatable bonds is 1. The number of hydrogen-bond donors (Lipinski definition) is 2. The van der Waals surface area contributed by atoms with Crippen LogP contribution >= 0.6 is 0 Å². The number of nitrogens with one attached hydrogen (secondary N) is 1. The molecule has 0 atom stereocenters. The zero-order chi connectivity index (χ0) is 14.7. The first-order chi connectivity index (χ1) is 8.38. The second kappa shape index (κ2) is 10.2. The normalized spacial score (nSPS) is 12.8. The van der Waals surface area contributed by atoms with Crippen LogP contribution in [-0.4, -0.2) is 42.8 Å². The summed E-state index contributed by atoms with van der Waals surface area (Å²) in [5, 5.41) is 2.91. The molecule has 1 aliphatic heterocycles. The Morgan fingerprint density at radius 1 is 1.17 bits per heavy atom. The fraction of sp³-hybridized carbons (Fsp3) is 0.600. The van der Waals surface area contributed by atoms with Crippen molar-refractivity contribution in [1.29, 1.82) is 0 Å². The van der Waals surface area contributed by atoms with Crippen molar-refractivity contribution in [3.05, 3.63) is 0 Å². The van der Waals surface area contributed by atoms with Crippen LogP contribution in [0.2, 0.25) is 0 Å². The van der Waals surface area contributed by atoms with Gasteiger partial charge in [0.2, 0.25) is 5.91 Å². The van der Waals surface area contributed by atoms with Crippen molar-refractivity contribution in [2.75, 3.05) is 14.1 Å². The predicted molar refractivity (Wildman–Crippen MR) is 62.7 cm³/mol. The van der Waals surface area contributed by atoms with Crippen LogP contribution in [0.1, 0.15) is 26.7 Å². The number of nitrogens with zero attached hydrogens (tertiary/aromatic N) is 1. The lowest BCUT2D eigenvalue weighted by atomic mass is 10.4. The minimum atomic E-state index is -0.659. The smallest absolute Gasteiger partial charge is 0.330 e. The highest BCUT2D eigenvalue weighted by atomic mass is 16.7. The van der Waals surface area contributed by atoms with Crippen molar-refractivity contribution in [3.63, 3.8) is 0 Å². The van der Waals surface area contributed by atoms with Crippen LogP contribution in [0.15, 0.2) is 0 Å². The first-order valence-corrected chi connectivity index (χ1v) is 5.18. The average Bonchev–Trinajstić information content (AvgIpc) is 2.63. The lowest BCUT2D eigenvalue weighted by molar-refractivity contribution is -0.195. The largest absolute Gasteiger partial charge is 0.359 e. The maximum atomic E-state index is 10.7. The molecule has 1 aliphatic rings. The fourth-order valence-corrected chi connectivity index (χ4v) is 0.786. The molecule has 0 aromatic carbocycles. The topological polar surface area (TPSA) is 119 Å². The van der Waals surface area contributed by atoms with Crippen LogP contribution in [0.3, 0.4) is 0 Å². The molecular weight excluding hydrogens is 242 g/mol. The third-order valence-electron chi connectivity index (χ3n) is 1.58. The first-order valence-electron chi connectivity index (χ1n) is 5.18. The fourth-order valence-electron chi connectivity index (χ4n) is 0.786. The van der Waals surface area contributed by atoms with Crippen LogP contribution in [0, 0.1) is 0 Å². The van der Waals surface area contributed by atoms with Gasteiger partial charge in [0.15, 0.2) is 0 Å². The zero-order valence-electron chi connectivity index (χ0n) is 11.0. The Labute approximate surface area is 105 Å². The van der Waals surface area contributed by atoms with E-state index in [1.54, 1.807) is 7.05 Å². The summed E-state index contributed by atoms with van der Waals surface area (Å²) < 4.78 is 0. The van der Waals surface area contributed by atoms with Gasteiger partial charge in [-0.3, -0.25) is 14.4 Å². The van der Waals surface area contributed by atoms with Crippen molar-refractivity contribution >= 4 is 23.7 Å². The van der Waals surface area contributed by atoms with E-state index in [9.17, 15) is 19.2 Å². The van der Waals surface area contributed by atoms with Gasteiger partial charge in [-0.25, -0.2) is 4.79 Å². The molecule has 0 aromatic rings. The van der Waals surface area contributed by atoms with E-state index in [4.69, 9.17) is 0 Å². The Bertz CT molecular complexity index is 301. The summed E-state index contributed by atoms with van der Waals surface area (Å²) in [6.45, 7) is 2.61. The maximum Gasteiger partial charge on any atom is 0.330 e. The van der Waals surface area contributed by atoms with E-state index >= 15 is 0 Å². The molecule has 0 unspecified atom stereocenters. The van der Waals surface area contributed by atoms with Crippen molar-refractivity contribution in [1.82, 2.24) is 10.4 Å². The van der Waals surface area contributed by atoms with Gasteiger partial charge in [0.25, 0.3) is 11.8 Å². The van der Waals surface area contributed by atoms with Crippen LogP contribution in [0.5, 0.6) is 0 Å². The summed E-state index contributed by atoms with van der Waals surface area (Å²) in [5.74, 6) is -1.56. The Kier molecular flexibility index (Phi) is 10.4. The van der Waals surface area contributed by atoms with E-state index in [1.165, 1.54) is 14.0 Å². The molecule has 0 saturated carbocycles. The van der Waals surface area contributed by atoms with E-state index in [0.29, 0.717) is 5.06 Å². The standard InChI is InChI=1S/C6H7NO4.C3H7NO.CH5N/c1-4(8)11-7-5(9)2-3-6(7)10;1-3(5)4-2;1-2/h2-3H2,1H3;1-2H3,(H,4,5);2H2,1H3. The predicted octanol–water partition coefficient (Wildman–Crippen LogP) is -1.06. The van der Waals surface area contributed by atoms with Gasteiger partial charge in [-0.05, 0) is 7.05 Å². The average molecular weight is 261 g/mol. The highest BCUT2D eigenvalue weighted by Crippen LogP contribution is 2.11. The van der Waals surface area contributed by atoms with Crippen LogP contribution in [0.4, 0.5) is 0 Å². The third kappa shape index (κ3) is 8.22. The quantitative estimate of drug-likeness (QED) is 0.581. The summed E-state index contributed by atoms with van der Waals surface area (Å²) in [6, 6.07) is 0. The van der Waals surface area contributed by atoms with E-state index in [-0.39, 0.29) is 18.7 Å². The molecule has 1 rings (SSSR count). The molecule has 0 aliphatic carbocycles. The second-order valence-electron chi connectivity index (χ2n) is 2.97. The third-order valence-corrected chi connectivity index (χ3v) is 1.58. The molecule has 104 valence electrons. The highest BCUT2D eigenvalue weighted by Gasteiger charge is 2.31. The number of imide groups is 1. The molecule has 1 fully saturated rings. The van der Waals surface area contributed by atoms with Gasteiger partial charge in [0.1, 0.15) is 0 Å². The Morgan fingerprint density at radius 2 is 1.50 bits per heavy atom. The maximum absolute atomic E-state index is 10.7. The molecule has 0 aromatic heterocycles. The summed E-state index contributed by atoms with van der Waals surface area (Å²) in [7, 11) is 3.10. The van der Waals surface area contributed by atoms with Gasteiger partial charge < -0.3 is 15.9 Å². The lowest BCUT2D eigenvalue weighted by Crippen LogP contribution is -2.30. The highest BCUT2D eigenvalue weighted by molar-refractivity contribution is 6.01. The molecule has 8 heteroatoms. The molecule has 18 heavy (non-hydrogen) atoms. The minimum absolute atomic E-state index is 0.00463. The van der Waals surface area contributed by atoms with Gasteiger partial charge in [-0.15, -0.1) is 5.06 Å². The SMILES string of the molecule is CC(=O)ON1C(=O)CCC1=O.CN.CNC(C)=O. The van der Waals surface area contributed by atoms with E-state index < -0.39 is 17.8 Å². The van der Waals surface area contributed by atoms with Crippen molar-refractivity contribution in [2.45, 2.75) is 26.7 Å². The van der Waals surface area contributed by atoms with Gasteiger partial charge >= 0.3 is 5.97 Å². The monoisotopic (exact) mass is 261 g/mol. The van der Waals surface area contributed by atoms with E-state index in [0.717, 1.165) is 6.92 Å². The first kappa shape index (κ1) is 18.4. The Morgan fingerprint density at radius 3 is 1.72 bits per heavy atom. The summed E-state index contributed by atoms with van der Waals surface area (Å²) in [4.78, 5) is 45.9. The molecule has 1 saturated heterocycles. The molecule has 3 N–H and O–H groups in total. The number of amides is 3. The minimum Gasteiger partial charge on any atom is -0.359 e. The van der Waals surface area contributed by atoms with E-state index in [2.05, 4.69) is 15.9 Å². The van der Waals surface area contributed by atoms with Crippen LogP contribution in [0.25, 0.3) is 0 Å². The van der Waals surface area contributed by atoms with Gasteiger partial charge in [0, 0.05) is 33.7 Å². The summed E-state index contributed by atoms with van der Waals surface area (Å²) >= 11 is 0. The number of carbonyl (C=O) groups is 4. The Hall–Kier alpha value is -1.96. The Balaban J connectivity index is 0. The van der Waals surface area contributed by atoms with Gasteiger partial charge in [-0.2, -0.15) is 0 Å². The van der Waals surface area contributed by atoms with E-state index in [1.807, 2.05) is 0 Å². The van der Waals surface area contributed by atoms with Crippen molar-refractivity contribution in [3.8, 4) is 0 Å². The lowest BCUT2D eigenvalue weighted by Gasteiger charge is -2.09. The van der Waals surface area contributed by atoms with Gasteiger partial charge in [-0.1, -0.05) is 0 Å².